The van der Waals surface area contributed by atoms with Crippen molar-refractivity contribution in [3.63, 3.8) is 0 Å². The van der Waals surface area contributed by atoms with Crippen molar-refractivity contribution in [2.75, 3.05) is 5.32 Å². The van der Waals surface area contributed by atoms with Crippen LogP contribution in [-0.4, -0.2) is 30.5 Å². The van der Waals surface area contributed by atoms with Crippen molar-refractivity contribution in [3.05, 3.63) is 58.1 Å². The van der Waals surface area contributed by atoms with E-state index in [0.717, 1.165) is 5.56 Å². The van der Waals surface area contributed by atoms with Gasteiger partial charge in [-0.25, -0.2) is 9.67 Å². The summed E-state index contributed by atoms with van der Waals surface area (Å²) in [7, 11) is 1.74. The van der Waals surface area contributed by atoms with Crippen molar-refractivity contribution >= 4 is 35.1 Å². The highest BCUT2D eigenvalue weighted by molar-refractivity contribution is 6.42. The second-order valence-corrected chi connectivity index (χ2v) is 5.69. The van der Waals surface area contributed by atoms with Gasteiger partial charge in [0.1, 0.15) is 6.33 Å². The smallest absolute Gasteiger partial charge is 0.261 e. The molecule has 3 rings (SSSR count). The highest BCUT2D eigenvalue weighted by atomic mass is 35.5. The number of rotatable bonds is 4. The van der Waals surface area contributed by atoms with Gasteiger partial charge in [0.05, 0.1) is 28.4 Å². The maximum absolute atomic E-state index is 12.0. The molecule has 118 valence electrons. The van der Waals surface area contributed by atoms with Crippen LogP contribution >= 0.6 is 23.2 Å². The molecule has 0 saturated carbocycles. The molecule has 0 unspecified atom stereocenters. The molecule has 1 N–H and O–H groups in total. The van der Waals surface area contributed by atoms with Crippen LogP contribution in [0.2, 0.25) is 10.0 Å². The summed E-state index contributed by atoms with van der Waals surface area (Å²) in [5.74, 6) is -0.0932. The Balaban J connectivity index is 1.68. The average Bonchev–Trinajstić information content (AvgIpc) is 3.12. The molecule has 0 aliphatic carbocycles. The van der Waals surface area contributed by atoms with Gasteiger partial charge < -0.3 is 0 Å². The van der Waals surface area contributed by atoms with E-state index in [1.807, 2.05) is 6.07 Å². The molecule has 0 radical (unpaired) electrons. The maximum Gasteiger partial charge on any atom is 0.261 e. The zero-order valence-corrected chi connectivity index (χ0v) is 13.6. The van der Waals surface area contributed by atoms with E-state index in [2.05, 4.69) is 20.5 Å². The van der Waals surface area contributed by atoms with E-state index >= 15 is 0 Å². The van der Waals surface area contributed by atoms with Crippen LogP contribution in [0.4, 0.5) is 5.95 Å². The average molecular weight is 351 g/mol. The third-order valence-electron chi connectivity index (χ3n) is 3.06. The molecule has 0 saturated heterocycles. The summed E-state index contributed by atoms with van der Waals surface area (Å²) < 4.78 is 3.14. The van der Waals surface area contributed by atoms with E-state index in [1.165, 1.54) is 12.5 Å². The molecule has 1 aromatic carbocycles. The molecule has 0 bridgehead atoms. The molecule has 7 nitrogen and oxygen atoms in total. The van der Waals surface area contributed by atoms with Gasteiger partial charge >= 0.3 is 0 Å². The molecule has 9 heteroatoms. The molecule has 1 amide bonds. The highest BCUT2D eigenvalue weighted by Crippen LogP contribution is 2.22. The van der Waals surface area contributed by atoms with E-state index in [4.69, 9.17) is 23.2 Å². The number of nitrogens with zero attached hydrogens (tertiary/aromatic N) is 5. The third-order valence-corrected chi connectivity index (χ3v) is 3.80. The summed E-state index contributed by atoms with van der Waals surface area (Å²) in [6.07, 6.45) is 4.62. The number of amides is 1. The zero-order valence-electron chi connectivity index (χ0n) is 12.1. The molecule has 0 atom stereocenters. The summed E-state index contributed by atoms with van der Waals surface area (Å²) in [6, 6.07) is 5.34. The first-order valence-corrected chi connectivity index (χ1v) is 7.40. The van der Waals surface area contributed by atoms with E-state index in [1.54, 1.807) is 34.7 Å². The second-order valence-electron chi connectivity index (χ2n) is 4.87. The Morgan fingerprint density at radius 2 is 2.13 bits per heavy atom. The van der Waals surface area contributed by atoms with Crippen LogP contribution < -0.4 is 5.32 Å². The Labute approximate surface area is 141 Å². The fourth-order valence-corrected chi connectivity index (χ4v) is 2.29. The summed E-state index contributed by atoms with van der Waals surface area (Å²) in [4.78, 5) is 16.0. The van der Waals surface area contributed by atoms with Gasteiger partial charge in [0.2, 0.25) is 5.95 Å². The van der Waals surface area contributed by atoms with Crippen LogP contribution in [0.3, 0.4) is 0 Å². The Bertz CT molecular complexity index is 857. The zero-order chi connectivity index (χ0) is 16.4. The van der Waals surface area contributed by atoms with Gasteiger partial charge in [0.15, 0.2) is 0 Å². The van der Waals surface area contributed by atoms with Crippen molar-refractivity contribution in [1.82, 2.24) is 24.5 Å². The van der Waals surface area contributed by atoms with Crippen LogP contribution in [-0.2, 0) is 13.6 Å². The van der Waals surface area contributed by atoms with Crippen LogP contribution in [0, 0.1) is 0 Å². The molecular weight excluding hydrogens is 339 g/mol. The van der Waals surface area contributed by atoms with Gasteiger partial charge in [0, 0.05) is 13.2 Å². The van der Waals surface area contributed by atoms with Gasteiger partial charge in [0.25, 0.3) is 5.91 Å². The maximum atomic E-state index is 12.0. The predicted molar refractivity (Wildman–Crippen MR) is 86.7 cm³/mol. The lowest BCUT2D eigenvalue weighted by atomic mass is 10.2. The number of halogens is 2. The van der Waals surface area contributed by atoms with Gasteiger partial charge in [-0.1, -0.05) is 29.3 Å². The van der Waals surface area contributed by atoms with Crippen molar-refractivity contribution in [2.24, 2.45) is 7.05 Å². The van der Waals surface area contributed by atoms with Crippen LogP contribution in [0.5, 0.6) is 0 Å². The van der Waals surface area contributed by atoms with Crippen molar-refractivity contribution in [1.29, 1.82) is 0 Å². The number of carbonyl (C=O) groups excluding carboxylic acids is 1. The lowest BCUT2D eigenvalue weighted by Gasteiger charge is -2.03. The Hall–Kier alpha value is -2.38. The normalized spacial score (nSPS) is 10.7. The highest BCUT2D eigenvalue weighted by Gasteiger charge is 2.11. The van der Waals surface area contributed by atoms with Crippen molar-refractivity contribution in [2.45, 2.75) is 6.54 Å². The van der Waals surface area contributed by atoms with E-state index in [-0.39, 0.29) is 11.9 Å². The molecule has 0 spiro atoms. The minimum Gasteiger partial charge on any atom is -0.289 e. The number of carbonyl (C=O) groups is 1. The van der Waals surface area contributed by atoms with Crippen molar-refractivity contribution < 1.29 is 4.79 Å². The second kappa shape index (κ2) is 6.39. The van der Waals surface area contributed by atoms with Gasteiger partial charge in [-0.05, 0) is 17.7 Å². The van der Waals surface area contributed by atoms with Gasteiger partial charge in [-0.15, -0.1) is 5.10 Å². The number of hydrogen-bond acceptors (Lipinski definition) is 4. The fraction of sp³-hybridized carbons (Fsp3) is 0.143. The lowest BCUT2D eigenvalue weighted by Crippen LogP contribution is -2.12. The Morgan fingerprint density at radius 1 is 1.30 bits per heavy atom. The number of nitrogens with one attached hydrogen (secondary N) is 1. The number of anilines is 1. The Kier molecular flexibility index (Phi) is 4.31. The summed E-state index contributed by atoms with van der Waals surface area (Å²) in [5, 5.41) is 11.7. The fourth-order valence-electron chi connectivity index (χ4n) is 1.97. The minimum absolute atomic E-state index is 0.221. The van der Waals surface area contributed by atoms with E-state index in [9.17, 15) is 4.79 Å². The first-order valence-electron chi connectivity index (χ1n) is 6.64. The first-order chi connectivity index (χ1) is 11.0. The van der Waals surface area contributed by atoms with Gasteiger partial charge in [-0.3, -0.25) is 14.8 Å². The van der Waals surface area contributed by atoms with Crippen LogP contribution in [0.25, 0.3) is 0 Å². The van der Waals surface area contributed by atoms with Crippen molar-refractivity contribution in [3.8, 4) is 0 Å². The molecule has 3 aromatic rings. The summed E-state index contributed by atoms with van der Waals surface area (Å²) in [5.41, 5.74) is 1.36. The number of aromatic nitrogens is 5. The molecular formula is C14H12Cl2N6O. The quantitative estimate of drug-likeness (QED) is 0.784. The number of hydrogen-bond donors (Lipinski definition) is 1. The lowest BCUT2D eigenvalue weighted by molar-refractivity contribution is 0.102. The predicted octanol–water partition coefficient (Wildman–Crippen LogP) is 2.62. The first kappa shape index (κ1) is 15.5. The number of benzene rings is 1. The SMILES string of the molecule is Cn1cc(C(=O)Nc2ncn(Cc3ccc(Cl)c(Cl)c3)n2)cn1. The Morgan fingerprint density at radius 3 is 2.83 bits per heavy atom. The molecule has 0 fully saturated rings. The summed E-state index contributed by atoms with van der Waals surface area (Å²) in [6.45, 7) is 0.465. The monoisotopic (exact) mass is 350 g/mol. The van der Waals surface area contributed by atoms with E-state index in [0.29, 0.717) is 22.2 Å². The number of aryl methyl sites for hydroxylation is 1. The molecule has 2 aromatic heterocycles. The van der Waals surface area contributed by atoms with Gasteiger partial charge in [-0.2, -0.15) is 5.10 Å². The largest absolute Gasteiger partial charge is 0.289 e. The third kappa shape index (κ3) is 3.69. The van der Waals surface area contributed by atoms with E-state index < -0.39 is 0 Å². The topological polar surface area (TPSA) is 77.6 Å². The summed E-state index contributed by atoms with van der Waals surface area (Å²) >= 11 is 11.9. The molecule has 2 heterocycles. The molecule has 0 aliphatic heterocycles. The minimum atomic E-state index is -0.314. The molecule has 23 heavy (non-hydrogen) atoms. The van der Waals surface area contributed by atoms with Crippen LogP contribution in [0.1, 0.15) is 15.9 Å². The molecule has 0 aliphatic rings. The van der Waals surface area contributed by atoms with Crippen LogP contribution in [0.15, 0.2) is 36.9 Å². The standard InChI is InChI=1S/C14H12Cl2N6O/c1-21-7-10(5-18-21)13(23)19-14-17-8-22(20-14)6-9-2-3-11(15)12(16)4-9/h2-5,7-8H,6H2,1H3,(H,19,20,23).